The normalized spacial score (nSPS) is 48.7. The van der Waals surface area contributed by atoms with Crippen molar-refractivity contribution < 1.29 is 10.2 Å². The molecule has 0 aromatic carbocycles. The molecule has 104 valence electrons. The maximum atomic E-state index is 11.0. The lowest BCUT2D eigenvalue weighted by atomic mass is 9.50. The van der Waals surface area contributed by atoms with Crippen LogP contribution in [0.4, 0.5) is 0 Å². The third kappa shape index (κ3) is 1.92. The fourth-order valence-corrected chi connectivity index (χ4v) is 5.58. The smallest absolute Gasteiger partial charge is 0.0681 e. The predicted octanol–water partition coefficient (Wildman–Crippen LogP) is 3.11. The molecule has 0 radical (unpaired) electrons. The predicted molar refractivity (Wildman–Crippen MR) is 72.1 cm³/mol. The molecule has 3 rings (SSSR count). The second kappa shape index (κ2) is 4.21. The number of hydrogen-bond acceptors (Lipinski definition) is 2. The number of aliphatic hydroxyl groups is 2. The van der Waals surface area contributed by atoms with Gasteiger partial charge in [-0.05, 0) is 76.0 Å². The van der Waals surface area contributed by atoms with Crippen molar-refractivity contribution in [1.82, 2.24) is 0 Å². The van der Waals surface area contributed by atoms with Gasteiger partial charge in [0.25, 0.3) is 0 Å². The lowest BCUT2D eigenvalue weighted by Crippen LogP contribution is -2.57. The maximum Gasteiger partial charge on any atom is 0.0681 e. The largest absolute Gasteiger partial charge is 0.390 e. The van der Waals surface area contributed by atoms with Gasteiger partial charge in [0.1, 0.15) is 0 Å². The Morgan fingerprint density at radius 3 is 2.33 bits per heavy atom. The summed E-state index contributed by atoms with van der Waals surface area (Å²) in [6.07, 6.45) is 9.27. The average Bonchev–Trinajstić information content (AvgIpc) is 2.27. The van der Waals surface area contributed by atoms with E-state index in [4.69, 9.17) is 0 Å². The van der Waals surface area contributed by atoms with Crippen LogP contribution in [0.3, 0.4) is 0 Å². The van der Waals surface area contributed by atoms with E-state index in [1.54, 1.807) is 0 Å². The molecular formula is C16H28O2. The summed E-state index contributed by atoms with van der Waals surface area (Å²) >= 11 is 0. The van der Waals surface area contributed by atoms with Gasteiger partial charge in [-0.3, -0.25) is 0 Å². The first-order valence-electron chi connectivity index (χ1n) is 7.86. The van der Waals surface area contributed by atoms with Gasteiger partial charge in [0, 0.05) is 0 Å². The summed E-state index contributed by atoms with van der Waals surface area (Å²) < 4.78 is 0. The fourth-order valence-electron chi connectivity index (χ4n) is 5.58. The van der Waals surface area contributed by atoms with Crippen molar-refractivity contribution in [2.75, 3.05) is 0 Å². The van der Waals surface area contributed by atoms with Crippen LogP contribution in [-0.2, 0) is 0 Å². The quantitative estimate of drug-likeness (QED) is 0.753. The first-order chi connectivity index (χ1) is 8.42. The molecule has 2 nitrogen and oxygen atoms in total. The Bertz CT molecular complexity index is 316. The molecule has 3 aliphatic carbocycles. The van der Waals surface area contributed by atoms with Gasteiger partial charge in [-0.2, -0.15) is 0 Å². The molecule has 0 aromatic rings. The summed E-state index contributed by atoms with van der Waals surface area (Å²) in [5.74, 6) is 2.16. The number of hydrogen-bond donors (Lipinski definition) is 2. The summed E-state index contributed by atoms with van der Waals surface area (Å²) in [7, 11) is 0. The molecule has 0 amide bonds. The van der Waals surface area contributed by atoms with Crippen molar-refractivity contribution in [2.45, 2.75) is 76.4 Å². The third-order valence-corrected chi connectivity index (χ3v) is 6.19. The Kier molecular flexibility index (Phi) is 3.02. The fraction of sp³-hybridized carbons (Fsp3) is 1.00. The zero-order chi connectivity index (χ0) is 13.0. The molecule has 0 spiro atoms. The van der Waals surface area contributed by atoms with Crippen molar-refractivity contribution in [1.29, 1.82) is 0 Å². The molecule has 0 aliphatic heterocycles. The van der Waals surface area contributed by atoms with Gasteiger partial charge in [0.15, 0.2) is 0 Å². The van der Waals surface area contributed by atoms with Crippen LogP contribution >= 0.6 is 0 Å². The summed E-state index contributed by atoms with van der Waals surface area (Å²) in [6.45, 7) is 3.93. The molecule has 5 unspecified atom stereocenters. The summed E-state index contributed by atoms with van der Waals surface area (Å²) in [5, 5.41) is 21.4. The zero-order valence-corrected chi connectivity index (χ0v) is 11.9. The zero-order valence-electron chi connectivity index (χ0n) is 11.9. The molecular weight excluding hydrogens is 224 g/mol. The van der Waals surface area contributed by atoms with E-state index in [1.165, 1.54) is 25.7 Å². The van der Waals surface area contributed by atoms with E-state index in [9.17, 15) is 10.2 Å². The van der Waals surface area contributed by atoms with Crippen LogP contribution in [-0.4, -0.2) is 21.4 Å². The molecule has 3 aliphatic rings. The third-order valence-electron chi connectivity index (χ3n) is 6.19. The Hall–Kier alpha value is -0.0800. The van der Waals surface area contributed by atoms with Crippen molar-refractivity contribution in [3.05, 3.63) is 0 Å². The van der Waals surface area contributed by atoms with E-state index in [1.807, 2.05) is 13.8 Å². The molecule has 2 heteroatoms. The van der Waals surface area contributed by atoms with Gasteiger partial charge in [-0.25, -0.2) is 0 Å². The van der Waals surface area contributed by atoms with E-state index in [2.05, 4.69) is 0 Å². The van der Waals surface area contributed by atoms with Gasteiger partial charge < -0.3 is 10.2 Å². The van der Waals surface area contributed by atoms with Crippen LogP contribution in [0.2, 0.25) is 0 Å². The Morgan fingerprint density at radius 1 is 1.00 bits per heavy atom. The lowest BCUT2D eigenvalue weighted by molar-refractivity contribution is -0.175. The maximum absolute atomic E-state index is 11.0. The molecule has 0 saturated heterocycles. The van der Waals surface area contributed by atoms with Gasteiger partial charge in [-0.1, -0.05) is 12.8 Å². The Morgan fingerprint density at radius 2 is 1.67 bits per heavy atom. The van der Waals surface area contributed by atoms with E-state index in [0.29, 0.717) is 17.8 Å². The van der Waals surface area contributed by atoms with Gasteiger partial charge >= 0.3 is 0 Å². The first kappa shape index (κ1) is 12.9. The summed E-state index contributed by atoms with van der Waals surface area (Å²) in [4.78, 5) is 0. The topological polar surface area (TPSA) is 40.5 Å². The van der Waals surface area contributed by atoms with Crippen molar-refractivity contribution in [3.8, 4) is 0 Å². The van der Waals surface area contributed by atoms with Gasteiger partial charge in [0.2, 0.25) is 0 Å². The van der Waals surface area contributed by atoms with Crippen molar-refractivity contribution in [3.63, 3.8) is 0 Å². The monoisotopic (exact) mass is 252 g/mol. The van der Waals surface area contributed by atoms with E-state index in [-0.39, 0.29) is 0 Å². The molecule has 0 heterocycles. The van der Waals surface area contributed by atoms with Crippen LogP contribution in [0.5, 0.6) is 0 Å². The van der Waals surface area contributed by atoms with Gasteiger partial charge in [0.05, 0.1) is 11.2 Å². The second-order valence-corrected chi connectivity index (χ2v) is 7.68. The summed E-state index contributed by atoms with van der Waals surface area (Å²) in [5.41, 5.74) is -0.971. The van der Waals surface area contributed by atoms with E-state index in [0.717, 1.165) is 31.6 Å². The minimum Gasteiger partial charge on any atom is -0.390 e. The highest BCUT2D eigenvalue weighted by Crippen LogP contribution is 2.57. The Labute approximate surface area is 111 Å². The highest BCUT2D eigenvalue weighted by molar-refractivity contribution is 5.05. The van der Waals surface area contributed by atoms with Crippen LogP contribution in [0.1, 0.15) is 65.2 Å². The second-order valence-electron chi connectivity index (χ2n) is 7.68. The first-order valence-corrected chi connectivity index (χ1v) is 7.86. The van der Waals surface area contributed by atoms with E-state index >= 15 is 0 Å². The van der Waals surface area contributed by atoms with Crippen LogP contribution in [0, 0.1) is 23.7 Å². The van der Waals surface area contributed by atoms with Crippen LogP contribution in [0.15, 0.2) is 0 Å². The highest BCUT2D eigenvalue weighted by Gasteiger charge is 2.55. The highest BCUT2D eigenvalue weighted by atomic mass is 16.3. The molecule has 0 bridgehead atoms. The average molecular weight is 252 g/mol. The van der Waals surface area contributed by atoms with Gasteiger partial charge in [-0.15, -0.1) is 0 Å². The van der Waals surface area contributed by atoms with E-state index < -0.39 is 11.2 Å². The molecule has 18 heavy (non-hydrogen) atoms. The molecule has 2 N–H and O–H groups in total. The molecule has 0 aromatic heterocycles. The minimum atomic E-state index is -0.578. The lowest BCUT2D eigenvalue weighted by Gasteiger charge is -2.58. The molecule has 5 atom stereocenters. The van der Waals surface area contributed by atoms with Crippen LogP contribution in [0.25, 0.3) is 0 Å². The summed E-state index contributed by atoms with van der Waals surface area (Å²) in [6, 6.07) is 0. The number of rotatable bonds is 1. The van der Waals surface area contributed by atoms with Crippen molar-refractivity contribution in [2.24, 2.45) is 23.7 Å². The standard InChI is InChI=1S/C16H28O2/c1-15(2,17)13-8-7-11-5-3-9-16(18)10-4-6-12(13)14(11)16/h11-14,17-18H,3-10H2,1-2H3. The van der Waals surface area contributed by atoms with Crippen molar-refractivity contribution >= 4 is 0 Å². The Balaban J connectivity index is 1.91. The SMILES string of the molecule is CC(C)(O)C1CCC2CCCC3(O)CCCC1C23. The molecule has 3 saturated carbocycles. The minimum absolute atomic E-state index is 0.392. The van der Waals surface area contributed by atoms with Crippen LogP contribution < -0.4 is 0 Å². The molecule has 3 fully saturated rings.